The first-order valence-corrected chi connectivity index (χ1v) is 6.29. The first kappa shape index (κ1) is 14.0. The number of nitrogens with one attached hydrogen (secondary N) is 1. The molecule has 1 amide bonds. The van der Waals surface area contributed by atoms with Gasteiger partial charge in [-0.15, -0.1) is 11.6 Å². The van der Waals surface area contributed by atoms with Crippen LogP contribution in [0, 0.1) is 5.41 Å². The molecule has 17 heavy (non-hydrogen) atoms. The second-order valence-electron chi connectivity index (χ2n) is 4.83. The third-order valence-corrected chi connectivity index (χ3v) is 3.38. The van der Waals surface area contributed by atoms with Crippen molar-refractivity contribution >= 4 is 17.5 Å². The van der Waals surface area contributed by atoms with Gasteiger partial charge in [-0.1, -0.05) is 6.92 Å². The summed E-state index contributed by atoms with van der Waals surface area (Å²) in [5, 5.41) is 7.23. The molecule has 0 atom stereocenters. The molecule has 1 N–H and O–H groups in total. The van der Waals surface area contributed by atoms with E-state index in [-0.39, 0.29) is 5.91 Å². The van der Waals surface area contributed by atoms with Crippen LogP contribution in [0.25, 0.3) is 0 Å². The van der Waals surface area contributed by atoms with Crippen LogP contribution in [0.1, 0.15) is 32.0 Å². The maximum absolute atomic E-state index is 11.9. The molecule has 1 aromatic heterocycles. The van der Waals surface area contributed by atoms with Crippen LogP contribution in [0.15, 0.2) is 6.20 Å². The number of carbonyl (C=O) groups is 1. The summed E-state index contributed by atoms with van der Waals surface area (Å²) in [5.74, 6) is 0.283. The Morgan fingerprint density at radius 1 is 1.59 bits per heavy atom. The van der Waals surface area contributed by atoms with Gasteiger partial charge in [-0.3, -0.25) is 9.48 Å². The number of carbonyl (C=O) groups excluding carboxylic acids is 1. The number of halogens is 1. The smallest absolute Gasteiger partial charge is 0.227 e. The van der Waals surface area contributed by atoms with Gasteiger partial charge in [0, 0.05) is 31.2 Å². The predicted octanol–water partition coefficient (Wildman–Crippen LogP) is 1.86. The highest BCUT2D eigenvalue weighted by Gasteiger charge is 2.26. The van der Waals surface area contributed by atoms with Crippen LogP contribution >= 0.6 is 11.6 Å². The van der Waals surface area contributed by atoms with E-state index in [4.69, 9.17) is 11.6 Å². The number of aryl methyl sites for hydroxylation is 2. The molecule has 96 valence electrons. The standard InChI is InChI=1S/C12H20ClN3O/c1-5-10-9(7-16(4)15-10)6-14-11(17)12(2,3)8-13/h7H,5-6,8H2,1-4H3,(H,14,17). The Morgan fingerprint density at radius 3 is 2.76 bits per heavy atom. The number of hydrogen-bond acceptors (Lipinski definition) is 2. The lowest BCUT2D eigenvalue weighted by atomic mass is 9.95. The number of aromatic nitrogens is 2. The van der Waals surface area contributed by atoms with E-state index in [0.717, 1.165) is 17.7 Å². The monoisotopic (exact) mass is 257 g/mol. The zero-order valence-corrected chi connectivity index (χ0v) is 11.6. The zero-order chi connectivity index (χ0) is 13.1. The second kappa shape index (κ2) is 5.54. The lowest BCUT2D eigenvalue weighted by Crippen LogP contribution is -2.37. The van der Waals surface area contributed by atoms with Crippen LogP contribution in [-0.2, 0) is 24.8 Å². The quantitative estimate of drug-likeness (QED) is 0.819. The number of nitrogens with zero attached hydrogens (tertiary/aromatic N) is 2. The van der Waals surface area contributed by atoms with Gasteiger partial charge in [-0.05, 0) is 20.3 Å². The minimum absolute atomic E-state index is 0.0293. The fourth-order valence-corrected chi connectivity index (χ4v) is 1.63. The van der Waals surface area contributed by atoms with Crippen LogP contribution in [-0.4, -0.2) is 21.6 Å². The Bertz CT molecular complexity index is 398. The lowest BCUT2D eigenvalue weighted by Gasteiger charge is -2.20. The Hall–Kier alpha value is -1.03. The third-order valence-electron chi connectivity index (χ3n) is 2.71. The largest absolute Gasteiger partial charge is 0.351 e. The van der Waals surface area contributed by atoms with Crippen molar-refractivity contribution in [2.75, 3.05) is 5.88 Å². The summed E-state index contributed by atoms with van der Waals surface area (Å²) in [6, 6.07) is 0. The van der Waals surface area contributed by atoms with Crippen molar-refractivity contribution in [2.24, 2.45) is 12.5 Å². The molecule has 0 radical (unpaired) electrons. The topological polar surface area (TPSA) is 46.9 Å². The van der Waals surface area contributed by atoms with Crippen molar-refractivity contribution in [3.63, 3.8) is 0 Å². The summed E-state index contributed by atoms with van der Waals surface area (Å²) < 4.78 is 1.77. The minimum atomic E-state index is -0.532. The molecule has 1 heterocycles. The van der Waals surface area contributed by atoms with Gasteiger partial charge in [0.1, 0.15) is 0 Å². The van der Waals surface area contributed by atoms with Crippen molar-refractivity contribution in [3.8, 4) is 0 Å². The van der Waals surface area contributed by atoms with Gasteiger partial charge in [0.25, 0.3) is 0 Å². The Kier molecular flexibility index (Phi) is 4.57. The van der Waals surface area contributed by atoms with E-state index < -0.39 is 5.41 Å². The van der Waals surface area contributed by atoms with E-state index in [1.807, 2.05) is 27.1 Å². The van der Waals surface area contributed by atoms with E-state index in [1.54, 1.807) is 4.68 Å². The normalized spacial score (nSPS) is 11.6. The Morgan fingerprint density at radius 2 is 2.24 bits per heavy atom. The molecule has 1 aromatic rings. The third kappa shape index (κ3) is 3.46. The molecule has 0 saturated heterocycles. The molecule has 5 heteroatoms. The minimum Gasteiger partial charge on any atom is -0.351 e. The number of amides is 1. The van der Waals surface area contributed by atoms with Gasteiger partial charge in [0.2, 0.25) is 5.91 Å². The molecule has 0 spiro atoms. The molecule has 0 unspecified atom stereocenters. The summed E-state index contributed by atoms with van der Waals surface area (Å²) in [5.41, 5.74) is 1.56. The zero-order valence-electron chi connectivity index (χ0n) is 10.9. The number of rotatable bonds is 5. The highest BCUT2D eigenvalue weighted by Crippen LogP contribution is 2.17. The van der Waals surface area contributed by atoms with Crippen molar-refractivity contribution in [3.05, 3.63) is 17.5 Å². The fourth-order valence-electron chi connectivity index (χ4n) is 1.50. The second-order valence-corrected chi connectivity index (χ2v) is 5.10. The summed E-state index contributed by atoms with van der Waals surface area (Å²) in [6.45, 7) is 6.23. The van der Waals surface area contributed by atoms with Crippen molar-refractivity contribution in [2.45, 2.75) is 33.7 Å². The van der Waals surface area contributed by atoms with Gasteiger partial charge >= 0.3 is 0 Å². The highest BCUT2D eigenvalue weighted by molar-refractivity contribution is 6.19. The van der Waals surface area contributed by atoms with Crippen molar-refractivity contribution < 1.29 is 4.79 Å². The van der Waals surface area contributed by atoms with E-state index >= 15 is 0 Å². The molecule has 0 aliphatic rings. The Balaban J connectivity index is 2.64. The van der Waals surface area contributed by atoms with Crippen molar-refractivity contribution in [1.82, 2.24) is 15.1 Å². The van der Waals surface area contributed by atoms with Crippen LogP contribution in [0.2, 0.25) is 0 Å². The number of hydrogen-bond donors (Lipinski definition) is 1. The maximum Gasteiger partial charge on any atom is 0.227 e. The van der Waals surface area contributed by atoms with E-state index in [0.29, 0.717) is 12.4 Å². The summed E-state index contributed by atoms with van der Waals surface area (Å²) in [6.07, 6.45) is 2.80. The summed E-state index contributed by atoms with van der Waals surface area (Å²) >= 11 is 5.76. The molecule has 1 rings (SSSR count). The molecule has 0 fully saturated rings. The first-order valence-electron chi connectivity index (χ1n) is 5.76. The van der Waals surface area contributed by atoms with Crippen LogP contribution in [0.5, 0.6) is 0 Å². The average molecular weight is 258 g/mol. The van der Waals surface area contributed by atoms with Gasteiger partial charge in [-0.25, -0.2) is 0 Å². The van der Waals surface area contributed by atoms with Crippen LogP contribution in [0.4, 0.5) is 0 Å². The average Bonchev–Trinajstić information content (AvgIpc) is 2.66. The molecule has 0 bridgehead atoms. The molecular formula is C12H20ClN3O. The molecule has 4 nitrogen and oxygen atoms in total. The summed E-state index contributed by atoms with van der Waals surface area (Å²) in [4.78, 5) is 11.9. The van der Waals surface area contributed by atoms with Gasteiger partial charge in [-0.2, -0.15) is 5.10 Å². The molecule has 0 saturated carbocycles. The predicted molar refractivity (Wildman–Crippen MR) is 68.9 cm³/mol. The molecule has 0 aromatic carbocycles. The van der Waals surface area contributed by atoms with Crippen LogP contribution in [0.3, 0.4) is 0 Å². The van der Waals surface area contributed by atoms with Gasteiger partial charge in [0.15, 0.2) is 0 Å². The first-order chi connectivity index (χ1) is 7.90. The summed E-state index contributed by atoms with van der Waals surface area (Å²) in [7, 11) is 1.88. The molecule has 0 aliphatic carbocycles. The fraction of sp³-hybridized carbons (Fsp3) is 0.667. The highest BCUT2D eigenvalue weighted by atomic mass is 35.5. The van der Waals surface area contributed by atoms with E-state index in [1.165, 1.54) is 0 Å². The van der Waals surface area contributed by atoms with E-state index in [2.05, 4.69) is 17.3 Å². The van der Waals surface area contributed by atoms with Gasteiger partial charge in [0.05, 0.1) is 11.1 Å². The number of alkyl halides is 1. The molecule has 0 aliphatic heterocycles. The van der Waals surface area contributed by atoms with Gasteiger partial charge < -0.3 is 5.32 Å². The Labute approximate surface area is 107 Å². The van der Waals surface area contributed by atoms with Crippen LogP contribution < -0.4 is 5.32 Å². The SMILES string of the molecule is CCc1nn(C)cc1CNC(=O)C(C)(C)CCl. The maximum atomic E-state index is 11.9. The lowest BCUT2D eigenvalue weighted by molar-refractivity contribution is -0.128. The van der Waals surface area contributed by atoms with Crippen molar-refractivity contribution in [1.29, 1.82) is 0 Å². The molecular weight excluding hydrogens is 238 g/mol. The van der Waals surface area contributed by atoms with E-state index in [9.17, 15) is 4.79 Å².